The van der Waals surface area contributed by atoms with Gasteiger partial charge >= 0.3 is 0 Å². The zero-order valence-corrected chi connectivity index (χ0v) is 13.2. The predicted molar refractivity (Wildman–Crippen MR) is 79.4 cm³/mol. The van der Waals surface area contributed by atoms with Crippen LogP contribution >= 0.6 is 11.3 Å². The number of nitrogens with zero attached hydrogens (tertiary/aromatic N) is 2. The zero-order chi connectivity index (χ0) is 13.8. The lowest BCUT2D eigenvalue weighted by Gasteiger charge is -2.25. The standard InChI is InChI=1S/C14H25N3OS/c1-10(2)15-7-14-16-12(9-19-14)8-17(4)13-5-6-18-11(13)3/h9-11,13,15H,5-8H2,1-4H3. The number of thiazole rings is 1. The van der Waals surface area contributed by atoms with Gasteiger partial charge in [0.15, 0.2) is 0 Å². The first-order valence-corrected chi connectivity index (χ1v) is 7.92. The summed E-state index contributed by atoms with van der Waals surface area (Å²) in [5.74, 6) is 0. The van der Waals surface area contributed by atoms with Crippen LogP contribution in [0.3, 0.4) is 0 Å². The van der Waals surface area contributed by atoms with Gasteiger partial charge in [-0.1, -0.05) is 13.8 Å². The molecule has 0 radical (unpaired) electrons. The van der Waals surface area contributed by atoms with Crippen molar-refractivity contribution in [1.29, 1.82) is 0 Å². The molecule has 1 aromatic rings. The second kappa shape index (κ2) is 6.79. The molecular formula is C14H25N3OS. The monoisotopic (exact) mass is 283 g/mol. The van der Waals surface area contributed by atoms with Crippen LogP contribution in [0, 0.1) is 0 Å². The number of nitrogens with one attached hydrogen (secondary N) is 1. The first kappa shape index (κ1) is 14.9. The SMILES string of the molecule is CC(C)NCc1nc(CN(C)C2CCOC2C)cs1. The second-order valence-corrected chi connectivity index (χ2v) is 6.56. The summed E-state index contributed by atoms with van der Waals surface area (Å²) in [4.78, 5) is 7.06. The van der Waals surface area contributed by atoms with E-state index in [0.29, 0.717) is 18.2 Å². The molecule has 2 atom stereocenters. The second-order valence-electron chi connectivity index (χ2n) is 5.62. The molecule has 2 unspecified atom stereocenters. The molecule has 0 amide bonds. The van der Waals surface area contributed by atoms with Crippen LogP contribution in [0.25, 0.3) is 0 Å². The Morgan fingerprint density at radius 1 is 1.58 bits per heavy atom. The van der Waals surface area contributed by atoms with E-state index < -0.39 is 0 Å². The van der Waals surface area contributed by atoms with Crippen LogP contribution in [0.1, 0.15) is 37.9 Å². The summed E-state index contributed by atoms with van der Waals surface area (Å²) in [5, 5.41) is 6.75. The normalized spacial score (nSPS) is 23.7. The van der Waals surface area contributed by atoms with Crippen molar-refractivity contribution in [3.05, 3.63) is 16.1 Å². The topological polar surface area (TPSA) is 37.4 Å². The fourth-order valence-electron chi connectivity index (χ4n) is 2.47. The molecule has 1 fully saturated rings. The van der Waals surface area contributed by atoms with Crippen LogP contribution < -0.4 is 5.32 Å². The molecule has 0 aromatic carbocycles. The van der Waals surface area contributed by atoms with Crippen molar-refractivity contribution in [2.45, 2.75) is 58.5 Å². The summed E-state index contributed by atoms with van der Waals surface area (Å²) in [6.45, 7) is 9.14. The van der Waals surface area contributed by atoms with Gasteiger partial charge in [-0.3, -0.25) is 4.90 Å². The third kappa shape index (κ3) is 4.24. The van der Waals surface area contributed by atoms with Gasteiger partial charge in [-0.2, -0.15) is 0 Å². The van der Waals surface area contributed by atoms with Gasteiger partial charge in [0, 0.05) is 37.2 Å². The van der Waals surface area contributed by atoms with Gasteiger partial charge in [0.05, 0.1) is 11.8 Å². The fourth-order valence-corrected chi connectivity index (χ4v) is 3.20. The zero-order valence-electron chi connectivity index (χ0n) is 12.3. The number of aromatic nitrogens is 1. The Balaban J connectivity index is 1.85. The van der Waals surface area contributed by atoms with Gasteiger partial charge in [-0.25, -0.2) is 4.98 Å². The third-order valence-electron chi connectivity index (χ3n) is 3.57. The van der Waals surface area contributed by atoms with E-state index in [1.54, 1.807) is 11.3 Å². The minimum Gasteiger partial charge on any atom is -0.377 e. The molecule has 0 aliphatic carbocycles. The van der Waals surface area contributed by atoms with Crippen LogP contribution in [0.5, 0.6) is 0 Å². The molecule has 0 bridgehead atoms. The molecule has 108 valence electrons. The van der Waals surface area contributed by atoms with Crippen LogP contribution in [-0.4, -0.2) is 41.7 Å². The van der Waals surface area contributed by atoms with E-state index >= 15 is 0 Å². The van der Waals surface area contributed by atoms with Crippen molar-refractivity contribution in [2.24, 2.45) is 0 Å². The quantitative estimate of drug-likeness (QED) is 0.869. The van der Waals surface area contributed by atoms with Gasteiger partial charge in [-0.05, 0) is 20.4 Å². The highest BCUT2D eigenvalue weighted by molar-refractivity contribution is 7.09. The van der Waals surface area contributed by atoms with Gasteiger partial charge < -0.3 is 10.1 Å². The number of ether oxygens (including phenoxy) is 1. The summed E-state index contributed by atoms with van der Waals surface area (Å²) in [6, 6.07) is 1.03. The van der Waals surface area contributed by atoms with E-state index in [9.17, 15) is 0 Å². The molecule has 1 N–H and O–H groups in total. The Bertz CT molecular complexity index is 394. The molecular weight excluding hydrogens is 258 g/mol. The van der Waals surface area contributed by atoms with Gasteiger partial charge in [0.2, 0.25) is 0 Å². The fraction of sp³-hybridized carbons (Fsp3) is 0.786. The summed E-state index contributed by atoms with van der Waals surface area (Å²) in [6.07, 6.45) is 1.47. The Hall–Kier alpha value is -0.490. The number of rotatable bonds is 6. The third-order valence-corrected chi connectivity index (χ3v) is 4.47. The maximum Gasteiger partial charge on any atom is 0.107 e. The Kier molecular flexibility index (Phi) is 5.33. The highest BCUT2D eigenvalue weighted by atomic mass is 32.1. The molecule has 1 aliphatic heterocycles. The lowest BCUT2D eigenvalue weighted by atomic mass is 10.1. The highest BCUT2D eigenvalue weighted by Gasteiger charge is 2.28. The smallest absolute Gasteiger partial charge is 0.107 e. The number of hydrogen-bond donors (Lipinski definition) is 1. The van der Waals surface area contributed by atoms with Gasteiger partial charge in [0.25, 0.3) is 0 Å². The lowest BCUT2D eigenvalue weighted by Crippen LogP contribution is -2.36. The van der Waals surface area contributed by atoms with Crippen molar-refractivity contribution in [1.82, 2.24) is 15.2 Å². The van der Waals surface area contributed by atoms with Crippen molar-refractivity contribution >= 4 is 11.3 Å². The molecule has 0 saturated carbocycles. The van der Waals surface area contributed by atoms with Crippen molar-refractivity contribution in [3.63, 3.8) is 0 Å². The molecule has 1 aromatic heterocycles. The first-order valence-electron chi connectivity index (χ1n) is 7.04. The van der Waals surface area contributed by atoms with Gasteiger partial charge in [-0.15, -0.1) is 11.3 Å². The van der Waals surface area contributed by atoms with E-state index in [-0.39, 0.29) is 0 Å². The lowest BCUT2D eigenvalue weighted by molar-refractivity contribution is 0.0811. The minimum atomic E-state index is 0.339. The Morgan fingerprint density at radius 2 is 2.37 bits per heavy atom. The Morgan fingerprint density at radius 3 is 3.00 bits per heavy atom. The summed E-state index contributed by atoms with van der Waals surface area (Å²) in [5.41, 5.74) is 1.17. The predicted octanol–water partition coefficient (Wildman–Crippen LogP) is 2.25. The van der Waals surface area contributed by atoms with Crippen LogP contribution in [-0.2, 0) is 17.8 Å². The molecule has 2 rings (SSSR count). The van der Waals surface area contributed by atoms with Crippen LogP contribution in [0.2, 0.25) is 0 Å². The summed E-state index contributed by atoms with van der Waals surface area (Å²) in [7, 11) is 2.17. The maximum atomic E-state index is 5.62. The van der Waals surface area contributed by atoms with E-state index in [0.717, 1.165) is 26.1 Å². The van der Waals surface area contributed by atoms with E-state index in [2.05, 4.69) is 43.4 Å². The van der Waals surface area contributed by atoms with E-state index in [4.69, 9.17) is 9.72 Å². The molecule has 0 spiro atoms. The van der Waals surface area contributed by atoms with E-state index in [1.165, 1.54) is 10.7 Å². The van der Waals surface area contributed by atoms with Crippen LogP contribution in [0.15, 0.2) is 5.38 Å². The average Bonchev–Trinajstić information content (AvgIpc) is 2.95. The van der Waals surface area contributed by atoms with Crippen LogP contribution in [0.4, 0.5) is 0 Å². The maximum absolute atomic E-state index is 5.62. The Labute approximate surface area is 120 Å². The van der Waals surface area contributed by atoms with Crippen molar-refractivity contribution < 1.29 is 4.74 Å². The summed E-state index contributed by atoms with van der Waals surface area (Å²) >= 11 is 1.75. The molecule has 4 nitrogen and oxygen atoms in total. The molecule has 1 saturated heterocycles. The number of hydrogen-bond acceptors (Lipinski definition) is 5. The van der Waals surface area contributed by atoms with Crippen molar-refractivity contribution in [2.75, 3.05) is 13.7 Å². The molecule has 5 heteroatoms. The van der Waals surface area contributed by atoms with E-state index in [1.807, 2.05) is 0 Å². The van der Waals surface area contributed by atoms with Crippen molar-refractivity contribution in [3.8, 4) is 0 Å². The molecule has 1 aliphatic rings. The van der Waals surface area contributed by atoms with Gasteiger partial charge in [0.1, 0.15) is 5.01 Å². The molecule has 2 heterocycles. The first-order chi connectivity index (χ1) is 9.06. The summed E-state index contributed by atoms with van der Waals surface area (Å²) < 4.78 is 5.62. The number of likely N-dealkylation sites (N-methyl/N-ethyl adjacent to an activating group) is 1. The molecule has 19 heavy (non-hydrogen) atoms. The average molecular weight is 283 g/mol. The largest absolute Gasteiger partial charge is 0.377 e. The highest BCUT2D eigenvalue weighted by Crippen LogP contribution is 2.20. The minimum absolute atomic E-state index is 0.339.